The van der Waals surface area contributed by atoms with Gasteiger partial charge in [-0.2, -0.15) is 0 Å². The SMILES string of the molecule is C[C@H](NC(=O)c1cc(Cl)cnc1Oc1cccc(-c2ccncc2)c1)c1ccc(C(=O)O)cc1. The Balaban J connectivity index is 1.55. The Kier molecular flexibility index (Phi) is 6.85. The molecule has 2 heterocycles. The first kappa shape index (κ1) is 22.9. The maximum absolute atomic E-state index is 13.1. The van der Waals surface area contributed by atoms with E-state index in [1.54, 1.807) is 37.5 Å². The average Bonchev–Trinajstić information content (AvgIpc) is 2.86. The lowest BCUT2D eigenvalue weighted by atomic mass is 10.1. The van der Waals surface area contributed by atoms with E-state index >= 15 is 0 Å². The molecule has 0 aliphatic heterocycles. The summed E-state index contributed by atoms with van der Waals surface area (Å²) < 4.78 is 5.97. The summed E-state index contributed by atoms with van der Waals surface area (Å²) in [6.45, 7) is 1.80. The molecule has 2 aromatic carbocycles. The molecule has 0 saturated heterocycles. The molecule has 0 radical (unpaired) electrons. The van der Waals surface area contributed by atoms with Crippen LogP contribution in [-0.4, -0.2) is 27.0 Å². The van der Waals surface area contributed by atoms with Gasteiger partial charge in [-0.15, -0.1) is 0 Å². The molecule has 8 heteroatoms. The van der Waals surface area contributed by atoms with E-state index < -0.39 is 17.9 Å². The molecule has 0 saturated carbocycles. The molecule has 4 aromatic rings. The van der Waals surface area contributed by atoms with Crippen molar-refractivity contribution in [3.8, 4) is 22.8 Å². The lowest BCUT2D eigenvalue weighted by molar-refractivity contribution is 0.0696. The second-order valence-electron chi connectivity index (χ2n) is 7.49. The second-order valence-corrected chi connectivity index (χ2v) is 7.93. The number of rotatable bonds is 7. The average molecular weight is 474 g/mol. The number of carbonyl (C=O) groups excluding carboxylic acids is 1. The van der Waals surface area contributed by atoms with Crippen molar-refractivity contribution in [2.45, 2.75) is 13.0 Å². The van der Waals surface area contributed by atoms with E-state index in [9.17, 15) is 9.59 Å². The Morgan fingerprint density at radius 2 is 1.74 bits per heavy atom. The van der Waals surface area contributed by atoms with Crippen LogP contribution in [0.3, 0.4) is 0 Å². The predicted molar refractivity (Wildman–Crippen MR) is 128 cm³/mol. The normalized spacial score (nSPS) is 11.5. The van der Waals surface area contributed by atoms with Crippen LogP contribution < -0.4 is 10.1 Å². The maximum atomic E-state index is 13.1. The molecular weight excluding hydrogens is 454 g/mol. The summed E-state index contributed by atoms with van der Waals surface area (Å²) >= 11 is 6.11. The number of carboxylic acids is 1. The van der Waals surface area contributed by atoms with Crippen LogP contribution in [0.25, 0.3) is 11.1 Å². The molecule has 0 unspecified atom stereocenters. The first-order chi connectivity index (χ1) is 16.4. The summed E-state index contributed by atoms with van der Waals surface area (Å²) in [6.07, 6.45) is 4.83. The minimum atomic E-state index is -1.01. The van der Waals surface area contributed by atoms with Crippen LogP contribution in [0.4, 0.5) is 0 Å². The number of aromatic nitrogens is 2. The van der Waals surface area contributed by atoms with E-state index in [2.05, 4.69) is 15.3 Å². The molecule has 0 aliphatic carbocycles. The van der Waals surface area contributed by atoms with Crippen molar-refractivity contribution in [3.63, 3.8) is 0 Å². The van der Waals surface area contributed by atoms with Gasteiger partial charge < -0.3 is 15.2 Å². The summed E-state index contributed by atoms with van der Waals surface area (Å²) in [5.41, 5.74) is 3.01. The fourth-order valence-electron chi connectivity index (χ4n) is 3.34. The number of nitrogens with one attached hydrogen (secondary N) is 1. The van der Waals surface area contributed by atoms with E-state index in [0.29, 0.717) is 10.8 Å². The molecule has 1 amide bonds. The highest BCUT2D eigenvalue weighted by Crippen LogP contribution is 2.29. The number of amides is 1. The Morgan fingerprint density at radius 3 is 2.44 bits per heavy atom. The van der Waals surface area contributed by atoms with Gasteiger partial charge in [0.1, 0.15) is 11.3 Å². The summed E-state index contributed by atoms with van der Waals surface area (Å²) in [6, 6.07) is 18.6. The number of hydrogen-bond acceptors (Lipinski definition) is 5. The van der Waals surface area contributed by atoms with Crippen molar-refractivity contribution in [1.82, 2.24) is 15.3 Å². The van der Waals surface area contributed by atoms with E-state index in [-0.39, 0.29) is 17.0 Å². The smallest absolute Gasteiger partial charge is 0.335 e. The van der Waals surface area contributed by atoms with Crippen molar-refractivity contribution in [3.05, 3.63) is 107 Å². The van der Waals surface area contributed by atoms with Gasteiger partial charge in [0.05, 0.1) is 16.6 Å². The number of nitrogens with zero attached hydrogens (tertiary/aromatic N) is 2. The highest BCUT2D eigenvalue weighted by molar-refractivity contribution is 6.30. The zero-order valence-corrected chi connectivity index (χ0v) is 18.9. The number of aromatic carboxylic acids is 1. The summed E-state index contributed by atoms with van der Waals surface area (Å²) in [5, 5.41) is 12.2. The van der Waals surface area contributed by atoms with E-state index in [0.717, 1.165) is 16.7 Å². The minimum Gasteiger partial charge on any atom is -0.478 e. The van der Waals surface area contributed by atoms with Gasteiger partial charge in [0.2, 0.25) is 5.88 Å². The van der Waals surface area contributed by atoms with E-state index in [4.69, 9.17) is 21.4 Å². The number of hydrogen-bond donors (Lipinski definition) is 2. The highest BCUT2D eigenvalue weighted by atomic mass is 35.5. The molecule has 1 atom stereocenters. The fourth-order valence-corrected chi connectivity index (χ4v) is 3.50. The van der Waals surface area contributed by atoms with Crippen LogP contribution in [-0.2, 0) is 0 Å². The van der Waals surface area contributed by atoms with Crippen LogP contribution in [0, 0.1) is 0 Å². The monoisotopic (exact) mass is 473 g/mol. The molecule has 34 heavy (non-hydrogen) atoms. The van der Waals surface area contributed by atoms with Crippen molar-refractivity contribution in [2.75, 3.05) is 0 Å². The number of ether oxygens (including phenoxy) is 1. The Morgan fingerprint density at radius 1 is 1.00 bits per heavy atom. The Labute approximate surface area is 201 Å². The van der Waals surface area contributed by atoms with Gasteiger partial charge in [-0.25, -0.2) is 9.78 Å². The first-order valence-corrected chi connectivity index (χ1v) is 10.8. The molecule has 0 aliphatic rings. The Bertz CT molecular complexity index is 1330. The van der Waals surface area contributed by atoms with Crippen LogP contribution in [0.2, 0.25) is 5.02 Å². The van der Waals surface area contributed by atoms with E-state index in [1.807, 2.05) is 30.3 Å². The van der Waals surface area contributed by atoms with Crippen LogP contribution in [0.5, 0.6) is 11.6 Å². The fraction of sp³-hybridized carbons (Fsp3) is 0.0769. The van der Waals surface area contributed by atoms with Crippen LogP contribution >= 0.6 is 11.6 Å². The van der Waals surface area contributed by atoms with Gasteiger partial charge in [-0.3, -0.25) is 9.78 Å². The molecule has 0 fully saturated rings. The van der Waals surface area contributed by atoms with Crippen LogP contribution in [0.15, 0.2) is 85.3 Å². The third kappa shape index (κ3) is 5.39. The Hall–Kier alpha value is -4.23. The molecule has 0 spiro atoms. The van der Waals surface area contributed by atoms with Gasteiger partial charge >= 0.3 is 5.97 Å². The number of pyridine rings is 2. The zero-order valence-electron chi connectivity index (χ0n) is 18.1. The quantitative estimate of drug-likeness (QED) is 0.353. The number of carboxylic acid groups (broad SMARTS) is 1. The lowest BCUT2D eigenvalue weighted by Crippen LogP contribution is -2.27. The highest BCUT2D eigenvalue weighted by Gasteiger charge is 2.19. The first-order valence-electron chi connectivity index (χ1n) is 10.4. The van der Waals surface area contributed by atoms with Gasteiger partial charge in [0.25, 0.3) is 5.91 Å². The van der Waals surface area contributed by atoms with Crippen molar-refractivity contribution < 1.29 is 19.4 Å². The molecule has 4 rings (SSSR count). The molecule has 0 bridgehead atoms. The molecular formula is C26H20ClN3O4. The lowest BCUT2D eigenvalue weighted by Gasteiger charge is -2.16. The number of carbonyl (C=O) groups is 2. The predicted octanol–water partition coefficient (Wildman–Crippen LogP) is 5.78. The third-order valence-electron chi connectivity index (χ3n) is 5.13. The minimum absolute atomic E-state index is 0.113. The molecule has 2 N–H and O–H groups in total. The van der Waals surface area contributed by atoms with Crippen molar-refractivity contribution in [2.24, 2.45) is 0 Å². The third-order valence-corrected chi connectivity index (χ3v) is 5.34. The summed E-state index contributed by atoms with van der Waals surface area (Å²) in [4.78, 5) is 32.4. The zero-order chi connectivity index (χ0) is 24.1. The molecule has 2 aromatic heterocycles. The topological polar surface area (TPSA) is 101 Å². The van der Waals surface area contributed by atoms with Gasteiger partial charge in [-0.1, -0.05) is 35.9 Å². The maximum Gasteiger partial charge on any atom is 0.335 e. The largest absolute Gasteiger partial charge is 0.478 e. The standard InChI is InChI=1S/C26H20ClN3O4/c1-16(17-5-7-19(8-6-17)26(32)33)30-24(31)23-14-21(27)15-29-25(23)34-22-4-2-3-20(13-22)18-9-11-28-12-10-18/h2-16H,1H3,(H,30,31)(H,32,33)/t16-/m0/s1. The van der Waals surface area contributed by atoms with Crippen LogP contribution in [0.1, 0.15) is 39.2 Å². The molecule has 7 nitrogen and oxygen atoms in total. The van der Waals surface area contributed by atoms with Crippen molar-refractivity contribution in [1.29, 1.82) is 0 Å². The van der Waals surface area contributed by atoms with Gasteiger partial charge in [-0.05, 0) is 66.1 Å². The number of halogens is 1. The summed E-state index contributed by atoms with van der Waals surface area (Å²) in [7, 11) is 0. The van der Waals surface area contributed by atoms with Crippen molar-refractivity contribution >= 4 is 23.5 Å². The number of benzene rings is 2. The van der Waals surface area contributed by atoms with Gasteiger partial charge in [0.15, 0.2) is 0 Å². The molecule has 170 valence electrons. The van der Waals surface area contributed by atoms with Gasteiger partial charge in [0, 0.05) is 18.6 Å². The summed E-state index contributed by atoms with van der Waals surface area (Å²) in [5.74, 6) is -0.814. The second kappa shape index (κ2) is 10.1. The van der Waals surface area contributed by atoms with E-state index in [1.165, 1.54) is 24.4 Å².